The third-order valence-electron chi connectivity index (χ3n) is 3.69. The van der Waals surface area contributed by atoms with Crippen molar-refractivity contribution in [1.29, 1.82) is 0 Å². The number of hydrogen-bond donors (Lipinski definition) is 1. The van der Waals surface area contributed by atoms with E-state index in [1.54, 1.807) is 37.8 Å². The van der Waals surface area contributed by atoms with Gasteiger partial charge in [-0.15, -0.1) is 0 Å². The van der Waals surface area contributed by atoms with Gasteiger partial charge in [-0.3, -0.25) is 9.69 Å². The summed E-state index contributed by atoms with van der Waals surface area (Å²) in [5.41, 5.74) is -0.109. The number of aryl methyl sites for hydroxylation is 1. The van der Waals surface area contributed by atoms with Gasteiger partial charge in [0, 0.05) is 32.7 Å². The minimum absolute atomic E-state index is 0.144. The van der Waals surface area contributed by atoms with E-state index in [1.165, 1.54) is 6.07 Å². The molecule has 1 heterocycles. The van der Waals surface area contributed by atoms with E-state index < -0.39 is 11.4 Å². The fraction of sp³-hybridized carbons (Fsp3) is 0.562. The second kappa shape index (κ2) is 6.12. The lowest BCUT2D eigenvalue weighted by molar-refractivity contribution is 0.0177. The van der Waals surface area contributed by atoms with Crippen LogP contribution in [0.3, 0.4) is 0 Å². The molecule has 0 unspecified atom stereocenters. The molecule has 2 rings (SSSR count). The SMILES string of the molecule is Cc1cccc(C(=O)N2CCN(CC(C)(C)O)CC2)c1F. The van der Waals surface area contributed by atoms with Gasteiger partial charge in [0.25, 0.3) is 5.91 Å². The first-order valence-corrected chi connectivity index (χ1v) is 7.27. The first kappa shape index (κ1) is 15.9. The Balaban J connectivity index is 1.99. The molecule has 1 aromatic rings. The molecule has 0 spiro atoms. The zero-order valence-corrected chi connectivity index (χ0v) is 12.9. The number of nitrogens with zero attached hydrogens (tertiary/aromatic N) is 2. The number of benzene rings is 1. The molecule has 0 aliphatic carbocycles. The van der Waals surface area contributed by atoms with Crippen molar-refractivity contribution < 1.29 is 14.3 Å². The number of aliphatic hydroxyl groups is 1. The number of halogens is 1. The molecule has 5 heteroatoms. The van der Waals surface area contributed by atoms with E-state index in [9.17, 15) is 14.3 Å². The number of rotatable bonds is 3. The molecule has 1 aromatic carbocycles. The minimum Gasteiger partial charge on any atom is -0.389 e. The summed E-state index contributed by atoms with van der Waals surface area (Å²) >= 11 is 0. The van der Waals surface area contributed by atoms with E-state index in [4.69, 9.17) is 0 Å². The smallest absolute Gasteiger partial charge is 0.256 e. The fourth-order valence-corrected chi connectivity index (χ4v) is 2.64. The summed E-state index contributed by atoms with van der Waals surface area (Å²) in [6, 6.07) is 4.90. The molecule has 1 saturated heterocycles. The van der Waals surface area contributed by atoms with Gasteiger partial charge in [-0.2, -0.15) is 0 Å². The number of carbonyl (C=O) groups excluding carboxylic acids is 1. The van der Waals surface area contributed by atoms with E-state index >= 15 is 0 Å². The average molecular weight is 294 g/mol. The molecule has 1 fully saturated rings. The van der Waals surface area contributed by atoms with Crippen molar-refractivity contribution in [2.45, 2.75) is 26.4 Å². The molecule has 21 heavy (non-hydrogen) atoms. The van der Waals surface area contributed by atoms with Crippen molar-refractivity contribution in [3.8, 4) is 0 Å². The molecule has 0 bridgehead atoms. The Morgan fingerprint density at radius 1 is 1.29 bits per heavy atom. The van der Waals surface area contributed by atoms with Crippen LogP contribution in [0.4, 0.5) is 4.39 Å². The average Bonchev–Trinajstić information content (AvgIpc) is 2.40. The number of amides is 1. The molecule has 1 aliphatic heterocycles. The monoisotopic (exact) mass is 294 g/mol. The summed E-state index contributed by atoms with van der Waals surface area (Å²) < 4.78 is 14.0. The topological polar surface area (TPSA) is 43.8 Å². The Labute approximate surface area is 125 Å². The molecular formula is C16H23FN2O2. The predicted octanol–water partition coefficient (Wildman–Crippen LogP) is 1.66. The molecular weight excluding hydrogens is 271 g/mol. The highest BCUT2D eigenvalue weighted by Gasteiger charge is 2.26. The van der Waals surface area contributed by atoms with Gasteiger partial charge in [0.15, 0.2) is 0 Å². The van der Waals surface area contributed by atoms with Crippen LogP contribution >= 0.6 is 0 Å². The molecule has 0 aromatic heterocycles. The van der Waals surface area contributed by atoms with Crippen molar-refractivity contribution >= 4 is 5.91 Å². The lowest BCUT2D eigenvalue weighted by Crippen LogP contribution is -2.52. The summed E-state index contributed by atoms with van der Waals surface area (Å²) in [4.78, 5) is 16.2. The van der Waals surface area contributed by atoms with Crippen molar-refractivity contribution in [2.75, 3.05) is 32.7 Å². The van der Waals surface area contributed by atoms with Crippen LogP contribution in [0.15, 0.2) is 18.2 Å². The summed E-state index contributed by atoms with van der Waals surface area (Å²) in [6.45, 7) is 8.29. The van der Waals surface area contributed by atoms with Crippen molar-refractivity contribution in [3.05, 3.63) is 35.1 Å². The Bertz CT molecular complexity index is 517. The van der Waals surface area contributed by atoms with E-state index in [1.807, 2.05) is 0 Å². The van der Waals surface area contributed by atoms with Gasteiger partial charge in [0.2, 0.25) is 0 Å². The van der Waals surface area contributed by atoms with Crippen LogP contribution in [-0.2, 0) is 0 Å². The van der Waals surface area contributed by atoms with Crippen LogP contribution < -0.4 is 0 Å². The summed E-state index contributed by atoms with van der Waals surface area (Å²) in [6.07, 6.45) is 0. The van der Waals surface area contributed by atoms with E-state index in [0.717, 1.165) is 0 Å². The minimum atomic E-state index is -0.741. The quantitative estimate of drug-likeness (QED) is 0.922. The van der Waals surface area contributed by atoms with Crippen molar-refractivity contribution in [2.24, 2.45) is 0 Å². The Hall–Kier alpha value is -1.46. The Morgan fingerprint density at radius 2 is 1.90 bits per heavy atom. The zero-order chi connectivity index (χ0) is 15.6. The van der Waals surface area contributed by atoms with Gasteiger partial charge in [-0.05, 0) is 32.4 Å². The molecule has 1 amide bonds. The third kappa shape index (κ3) is 4.02. The maximum atomic E-state index is 14.0. The van der Waals surface area contributed by atoms with E-state index in [0.29, 0.717) is 38.3 Å². The van der Waals surface area contributed by atoms with Crippen LogP contribution in [0.25, 0.3) is 0 Å². The van der Waals surface area contributed by atoms with Crippen LogP contribution in [0.1, 0.15) is 29.8 Å². The highest BCUT2D eigenvalue weighted by molar-refractivity contribution is 5.94. The summed E-state index contributed by atoms with van der Waals surface area (Å²) in [5.74, 6) is -0.680. The van der Waals surface area contributed by atoms with Gasteiger partial charge in [-0.1, -0.05) is 12.1 Å². The number of hydrogen-bond acceptors (Lipinski definition) is 3. The molecule has 0 atom stereocenters. The van der Waals surface area contributed by atoms with Gasteiger partial charge in [0.05, 0.1) is 11.2 Å². The number of piperazine rings is 1. The number of carbonyl (C=O) groups is 1. The maximum absolute atomic E-state index is 14.0. The second-order valence-electron chi connectivity index (χ2n) is 6.32. The standard InChI is InChI=1S/C16H23FN2O2/c1-12-5-4-6-13(14(12)17)15(20)19-9-7-18(8-10-19)11-16(2,3)21/h4-6,21H,7-11H2,1-3H3. The zero-order valence-electron chi connectivity index (χ0n) is 12.9. The largest absolute Gasteiger partial charge is 0.389 e. The normalized spacial score (nSPS) is 17.1. The lowest BCUT2D eigenvalue weighted by Gasteiger charge is -2.37. The Kier molecular flexibility index (Phi) is 4.64. The lowest BCUT2D eigenvalue weighted by atomic mass is 10.1. The Morgan fingerprint density at radius 3 is 2.48 bits per heavy atom. The van der Waals surface area contributed by atoms with Crippen molar-refractivity contribution in [3.63, 3.8) is 0 Å². The first-order chi connectivity index (χ1) is 9.78. The van der Waals surface area contributed by atoms with Gasteiger partial charge in [0.1, 0.15) is 5.82 Å². The third-order valence-corrected chi connectivity index (χ3v) is 3.69. The van der Waals surface area contributed by atoms with Gasteiger partial charge >= 0.3 is 0 Å². The highest BCUT2D eigenvalue weighted by Crippen LogP contribution is 2.16. The summed E-state index contributed by atoms with van der Waals surface area (Å²) in [7, 11) is 0. The molecule has 1 aliphatic rings. The van der Waals surface area contributed by atoms with Crippen LogP contribution in [0.5, 0.6) is 0 Å². The molecule has 0 saturated carbocycles. The maximum Gasteiger partial charge on any atom is 0.256 e. The summed E-state index contributed by atoms with van der Waals surface area (Å²) in [5, 5.41) is 9.82. The van der Waals surface area contributed by atoms with Gasteiger partial charge < -0.3 is 10.0 Å². The van der Waals surface area contributed by atoms with Crippen LogP contribution in [0, 0.1) is 12.7 Å². The van der Waals surface area contributed by atoms with E-state index in [2.05, 4.69) is 4.90 Å². The number of β-amino-alcohol motifs (C(OH)–C–C–N with tert-alkyl or cyclic N) is 1. The van der Waals surface area contributed by atoms with E-state index in [-0.39, 0.29) is 11.5 Å². The van der Waals surface area contributed by atoms with Crippen molar-refractivity contribution in [1.82, 2.24) is 9.80 Å². The second-order valence-corrected chi connectivity index (χ2v) is 6.32. The highest BCUT2D eigenvalue weighted by atomic mass is 19.1. The molecule has 4 nitrogen and oxygen atoms in total. The predicted molar refractivity (Wildman–Crippen MR) is 79.8 cm³/mol. The fourth-order valence-electron chi connectivity index (χ4n) is 2.64. The molecule has 1 N–H and O–H groups in total. The molecule has 116 valence electrons. The van der Waals surface area contributed by atoms with Crippen LogP contribution in [-0.4, -0.2) is 59.1 Å². The van der Waals surface area contributed by atoms with Gasteiger partial charge in [-0.25, -0.2) is 4.39 Å². The van der Waals surface area contributed by atoms with Crippen LogP contribution in [0.2, 0.25) is 0 Å². The molecule has 0 radical (unpaired) electrons. The first-order valence-electron chi connectivity index (χ1n) is 7.27.